The van der Waals surface area contributed by atoms with Crippen LogP contribution >= 0.6 is 0 Å². The molecule has 1 atom stereocenters. The fourth-order valence-corrected chi connectivity index (χ4v) is 4.81. The van der Waals surface area contributed by atoms with Crippen molar-refractivity contribution in [2.45, 2.75) is 25.9 Å². The molecule has 0 spiro atoms. The van der Waals surface area contributed by atoms with Gasteiger partial charge in [-0.15, -0.1) is 5.10 Å². The lowest BCUT2D eigenvalue weighted by molar-refractivity contribution is 0.0653. The first kappa shape index (κ1) is 16.7. The molecule has 0 N–H and O–H groups in total. The molecule has 4 rings (SSSR count). The summed E-state index contributed by atoms with van der Waals surface area (Å²) in [7, 11) is -3.15. The number of carbonyl (C=O) groups is 1. The molecule has 4 heterocycles. The second-order valence-electron chi connectivity index (χ2n) is 6.30. The van der Waals surface area contributed by atoms with Gasteiger partial charge in [0.1, 0.15) is 5.76 Å². The fourth-order valence-electron chi connectivity index (χ4n) is 3.08. The van der Waals surface area contributed by atoms with Crippen molar-refractivity contribution in [1.29, 1.82) is 0 Å². The second-order valence-corrected chi connectivity index (χ2v) is 8.53. The van der Waals surface area contributed by atoms with Crippen molar-refractivity contribution in [2.75, 3.05) is 11.5 Å². The zero-order chi connectivity index (χ0) is 18.3. The molecular formula is C16H17N5O4S. The zero-order valence-electron chi connectivity index (χ0n) is 14.1. The highest BCUT2D eigenvalue weighted by atomic mass is 32.2. The summed E-state index contributed by atoms with van der Waals surface area (Å²) in [5.74, 6) is 0.449. The van der Waals surface area contributed by atoms with E-state index in [1.807, 2.05) is 6.92 Å². The van der Waals surface area contributed by atoms with Gasteiger partial charge in [0.05, 0.1) is 24.3 Å². The van der Waals surface area contributed by atoms with Crippen LogP contribution in [0.15, 0.2) is 35.1 Å². The van der Waals surface area contributed by atoms with Crippen molar-refractivity contribution in [3.63, 3.8) is 0 Å². The van der Waals surface area contributed by atoms with Gasteiger partial charge in [-0.2, -0.15) is 4.98 Å². The molecule has 9 nitrogen and oxygen atoms in total. The van der Waals surface area contributed by atoms with E-state index in [-0.39, 0.29) is 23.9 Å². The summed E-state index contributed by atoms with van der Waals surface area (Å²) in [5.41, 5.74) is 0.794. The summed E-state index contributed by atoms with van der Waals surface area (Å²) in [6.45, 7) is 2.00. The third kappa shape index (κ3) is 3.07. The molecule has 1 aliphatic rings. The number of amides is 1. The molecule has 1 aliphatic heterocycles. The number of hydrogen-bond acceptors (Lipinski definition) is 7. The molecule has 0 bridgehead atoms. The summed E-state index contributed by atoms with van der Waals surface area (Å²) in [4.78, 5) is 22.9. The molecule has 1 fully saturated rings. The van der Waals surface area contributed by atoms with E-state index in [9.17, 15) is 13.2 Å². The van der Waals surface area contributed by atoms with Crippen LogP contribution in [0.5, 0.6) is 0 Å². The lowest BCUT2D eigenvalue weighted by Gasteiger charge is -2.26. The molecule has 0 aliphatic carbocycles. The van der Waals surface area contributed by atoms with E-state index in [1.54, 1.807) is 24.4 Å². The maximum absolute atomic E-state index is 13.1. The van der Waals surface area contributed by atoms with E-state index in [1.165, 1.54) is 15.7 Å². The Kier molecular flexibility index (Phi) is 3.98. The monoisotopic (exact) mass is 375 g/mol. The van der Waals surface area contributed by atoms with Gasteiger partial charge in [-0.05, 0) is 31.5 Å². The van der Waals surface area contributed by atoms with Gasteiger partial charge in [0.2, 0.25) is 5.82 Å². The smallest absolute Gasteiger partial charge is 0.294 e. The number of hydrogen-bond donors (Lipinski definition) is 0. The summed E-state index contributed by atoms with van der Waals surface area (Å²) >= 11 is 0. The number of aromatic nitrogens is 4. The summed E-state index contributed by atoms with van der Waals surface area (Å²) in [5, 5.41) is 4.24. The number of aryl methyl sites for hydroxylation is 1. The van der Waals surface area contributed by atoms with Gasteiger partial charge in [-0.3, -0.25) is 4.79 Å². The predicted molar refractivity (Wildman–Crippen MR) is 91.2 cm³/mol. The summed E-state index contributed by atoms with van der Waals surface area (Å²) in [6, 6.07) is 4.80. The first-order valence-electron chi connectivity index (χ1n) is 8.15. The van der Waals surface area contributed by atoms with Gasteiger partial charge in [0.15, 0.2) is 9.84 Å². The Hall–Kier alpha value is -2.75. The van der Waals surface area contributed by atoms with Crippen LogP contribution in [-0.4, -0.2) is 56.4 Å². The lowest BCUT2D eigenvalue weighted by Crippen LogP contribution is -2.41. The minimum atomic E-state index is -3.15. The van der Waals surface area contributed by atoms with Gasteiger partial charge in [-0.25, -0.2) is 17.9 Å². The third-order valence-corrected chi connectivity index (χ3v) is 6.19. The molecule has 136 valence electrons. The van der Waals surface area contributed by atoms with Crippen molar-refractivity contribution in [3.05, 3.63) is 47.9 Å². The SMILES string of the molecule is Cc1ccnc2nc(C(=O)N(Cc3ccco3)C3CCS(=O)(=O)C3)nn12. The van der Waals surface area contributed by atoms with E-state index >= 15 is 0 Å². The Bertz CT molecular complexity index is 1060. The maximum atomic E-state index is 13.1. The number of carbonyl (C=O) groups excluding carboxylic acids is 1. The van der Waals surface area contributed by atoms with Crippen LogP contribution in [0.1, 0.15) is 28.5 Å². The van der Waals surface area contributed by atoms with Crippen LogP contribution in [0.2, 0.25) is 0 Å². The number of nitrogens with zero attached hydrogens (tertiary/aromatic N) is 5. The summed E-state index contributed by atoms with van der Waals surface area (Å²) in [6.07, 6.45) is 3.50. The Morgan fingerprint density at radius 1 is 1.42 bits per heavy atom. The Morgan fingerprint density at radius 3 is 2.92 bits per heavy atom. The second kappa shape index (κ2) is 6.20. The molecule has 1 unspecified atom stereocenters. The lowest BCUT2D eigenvalue weighted by atomic mass is 10.2. The molecule has 26 heavy (non-hydrogen) atoms. The molecule has 10 heteroatoms. The largest absolute Gasteiger partial charge is 0.467 e. The van der Waals surface area contributed by atoms with Crippen molar-refractivity contribution < 1.29 is 17.6 Å². The van der Waals surface area contributed by atoms with Crippen LogP contribution in [0.3, 0.4) is 0 Å². The Morgan fingerprint density at radius 2 is 2.27 bits per heavy atom. The van der Waals surface area contributed by atoms with E-state index < -0.39 is 21.8 Å². The van der Waals surface area contributed by atoms with Gasteiger partial charge in [-0.1, -0.05) is 0 Å². The van der Waals surface area contributed by atoms with Gasteiger partial charge < -0.3 is 9.32 Å². The molecule has 1 amide bonds. The first-order valence-corrected chi connectivity index (χ1v) is 9.97. The Balaban J connectivity index is 1.69. The van der Waals surface area contributed by atoms with E-state index in [0.29, 0.717) is 18.0 Å². The van der Waals surface area contributed by atoms with Crippen LogP contribution in [0, 0.1) is 6.92 Å². The Labute approximate surface area is 149 Å². The van der Waals surface area contributed by atoms with Crippen molar-refractivity contribution in [3.8, 4) is 0 Å². The average molecular weight is 375 g/mol. The topological polar surface area (TPSA) is 111 Å². The normalized spacial score (nSPS) is 19.0. The third-order valence-electron chi connectivity index (χ3n) is 4.44. The molecule has 0 aromatic carbocycles. The fraction of sp³-hybridized carbons (Fsp3) is 0.375. The van der Waals surface area contributed by atoms with E-state index in [0.717, 1.165) is 5.69 Å². The number of rotatable bonds is 4. The van der Waals surface area contributed by atoms with Gasteiger partial charge in [0, 0.05) is 17.9 Å². The molecule has 3 aromatic rings. The standard InChI is InChI=1S/C16H17N5O4S/c1-11-4-6-17-16-18-14(19-21(11)16)15(22)20(9-13-3-2-7-25-13)12-5-8-26(23,24)10-12/h2-4,6-7,12H,5,8-10H2,1H3. The first-order chi connectivity index (χ1) is 12.4. The number of furan rings is 1. The zero-order valence-corrected chi connectivity index (χ0v) is 14.9. The minimum absolute atomic E-state index is 0.0114. The van der Waals surface area contributed by atoms with E-state index in [4.69, 9.17) is 4.42 Å². The minimum Gasteiger partial charge on any atom is -0.467 e. The quantitative estimate of drug-likeness (QED) is 0.665. The van der Waals surface area contributed by atoms with Crippen LogP contribution in [0.25, 0.3) is 5.78 Å². The molecule has 0 saturated carbocycles. The maximum Gasteiger partial charge on any atom is 0.294 e. The highest BCUT2D eigenvalue weighted by Crippen LogP contribution is 2.22. The highest BCUT2D eigenvalue weighted by molar-refractivity contribution is 7.91. The van der Waals surface area contributed by atoms with Crippen molar-refractivity contribution in [2.24, 2.45) is 0 Å². The van der Waals surface area contributed by atoms with Gasteiger partial charge in [0.25, 0.3) is 11.7 Å². The molecule has 1 saturated heterocycles. The predicted octanol–water partition coefficient (Wildman–Crippen LogP) is 0.855. The molecular weight excluding hydrogens is 358 g/mol. The summed E-state index contributed by atoms with van der Waals surface area (Å²) < 4.78 is 30.6. The van der Waals surface area contributed by atoms with Crippen molar-refractivity contribution >= 4 is 21.5 Å². The highest BCUT2D eigenvalue weighted by Gasteiger charge is 2.36. The average Bonchev–Trinajstić information content (AvgIpc) is 3.31. The van der Waals surface area contributed by atoms with Crippen LogP contribution in [-0.2, 0) is 16.4 Å². The van der Waals surface area contributed by atoms with E-state index in [2.05, 4.69) is 15.1 Å². The number of sulfone groups is 1. The van der Waals surface area contributed by atoms with Crippen LogP contribution in [0.4, 0.5) is 0 Å². The van der Waals surface area contributed by atoms with Crippen molar-refractivity contribution in [1.82, 2.24) is 24.5 Å². The molecule has 0 radical (unpaired) electrons. The van der Waals surface area contributed by atoms with Crippen LogP contribution < -0.4 is 0 Å². The van der Waals surface area contributed by atoms with Gasteiger partial charge >= 0.3 is 0 Å². The number of fused-ring (bicyclic) bond motifs is 1. The molecule has 3 aromatic heterocycles.